The van der Waals surface area contributed by atoms with Crippen LogP contribution in [0.5, 0.6) is 0 Å². The van der Waals surface area contributed by atoms with Gasteiger partial charge in [0, 0.05) is 47.2 Å². The Balaban J connectivity index is 1.38. The molecule has 0 unspecified atom stereocenters. The van der Waals surface area contributed by atoms with Crippen LogP contribution in [-0.2, 0) is 26.5 Å². The van der Waals surface area contributed by atoms with Crippen LogP contribution in [-0.4, -0.2) is 81.9 Å². The number of amides is 2. The first-order chi connectivity index (χ1) is 22.7. The van der Waals surface area contributed by atoms with Gasteiger partial charge >= 0.3 is 6.09 Å². The van der Waals surface area contributed by atoms with Crippen LogP contribution in [0, 0.1) is 0 Å². The highest BCUT2D eigenvalue weighted by molar-refractivity contribution is 6.31. The minimum absolute atomic E-state index is 0.0114. The number of carbonyl (C=O) groups is 2. The number of hydroxylamine groups is 3. The van der Waals surface area contributed by atoms with E-state index in [2.05, 4.69) is 39.6 Å². The third-order valence-corrected chi connectivity index (χ3v) is 10.7. The molecule has 3 aromatic carbocycles. The highest BCUT2D eigenvalue weighted by Gasteiger charge is 2.53. The molecular formula is C36H40N5O6+. The third-order valence-electron chi connectivity index (χ3n) is 10.7. The van der Waals surface area contributed by atoms with Crippen LogP contribution in [0.4, 0.5) is 4.79 Å². The molecule has 2 amide bonds. The van der Waals surface area contributed by atoms with Crippen LogP contribution >= 0.6 is 0 Å². The average molecular weight is 639 g/mol. The molecule has 4 atom stereocenters. The fourth-order valence-corrected chi connectivity index (χ4v) is 8.43. The molecule has 0 spiro atoms. The number of rotatable bonds is 7. The van der Waals surface area contributed by atoms with Crippen molar-refractivity contribution in [3.8, 4) is 0 Å². The molecule has 0 saturated carbocycles. The summed E-state index contributed by atoms with van der Waals surface area (Å²) in [7, 11) is 3.69. The molecule has 2 aromatic heterocycles. The summed E-state index contributed by atoms with van der Waals surface area (Å²) < 4.78 is 23.2. The maximum atomic E-state index is 14.5. The van der Waals surface area contributed by atoms with Crippen LogP contribution in [0.2, 0.25) is 0 Å². The second-order valence-corrected chi connectivity index (χ2v) is 12.9. The van der Waals surface area contributed by atoms with Crippen LogP contribution in [0.3, 0.4) is 0 Å². The molecule has 5 aromatic rings. The number of hydrogen-bond acceptors (Lipinski definition) is 7. The predicted octanol–water partition coefficient (Wildman–Crippen LogP) is 5.96. The quantitative estimate of drug-likeness (QED) is 0.167. The number of benzene rings is 3. The van der Waals surface area contributed by atoms with Crippen LogP contribution < -0.4 is 5.32 Å². The summed E-state index contributed by atoms with van der Waals surface area (Å²) in [6.07, 6.45) is 2.49. The van der Waals surface area contributed by atoms with Gasteiger partial charge in [-0.2, -0.15) is 4.65 Å². The lowest BCUT2D eigenvalue weighted by Crippen LogP contribution is -2.59. The normalized spacial score (nSPS) is 24.0. The molecule has 0 aliphatic carbocycles. The summed E-state index contributed by atoms with van der Waals surface area (Å²) in [5, 5.41) is 17.7. The predicted molar refractivity (Wildman–Crippen MR) is 178 cm³/mol. The molecule has 5 heterocycles. The lowest BCUT2D eigenvalue weighted by Gasteiger charge is -2.48. The molecule has 1 fully saturated rings. The van der Waals surface area contributed by atoms with Gasteiger partial charge < -0.3 is 28.7 Å². The number of hydrogen-bond donors (Lipinski definition) is 2. The van der Waals surface area contributed by atoms with Gasteiger partial charge in [0.1, 0.15) is 38.2 Å². The first-order valence-corrected chi connectivity index (χ1v) is 16.4. The van der Waals surface area contributed by atoms with E-state index in [1.54, 1.807) is 19.4 Å². The number of aromatic nitrogens is 2. The Bertz CT molecular complexity index is 2140. The van der Waals surface area contributed by atoms with E-state index < -0.39 is 11.8 Å². The maximum Gasteiger partial charge on any atom is 0.417 e. The Morgan fingerprint density at radius 1 is 1.09 bits per heavy atom. The van der Waals surface area contributed by atoms with Crippen molar-refractivity contribution in [1.82, 2.24) is 19.4 Å². The number of imide groups is 1. The minimum atomic E-state index is -0.904. The largest absolute Gasteiger partial charge is 0.445 e. The zero-order chi connectivity index (χ0) is 32.8. The number of quaternary nitrogens is 1. The lowest BCUT2D eigenvalue weighted by atomic mass is 9.93. The van der Waals surface area contributed by atoms with Gasteiger partial charge in [-0.3, -0.25) is 4.79 Å². The fraction of sp³-hybridized carbons (Fsp3) is 0.389. The van der Waals surface area contributed by atoms with Crippen LogP contribution in [0.1, 0.15) is 49.3 Å². The van der Waals surface area contributed by atoms with Gasteiger partial charge in [-0.15, -0.1) is 0 Å². The summed E-state index contributed by atoms with van der Waals surface area (Å²) in [4.78, 5) is 29.2. The van der Waals surface area contributed by atoms with Gasteiger partial charge in [-0.1, -0.05) is 36.4 Å². The lowest BCUT2D eigenvalue weighted by molar-refractivity contribution is -1.06. The maximum absolute atomic E-state index is 14.5. The fourth-order valence-electron chi connectivity index (χ4n) is 8.43. The van der Waals surface area contributed by atoms with Crippen molar-refractivity contribution < 1.29 is 33.7 Å². The molecule has 8 rings (SSSR count). The molecule has 0 radical (unpaired) electrons. The van der Waals surface area contributed by atoms with Crippen LogP contribution in [0.25, 0.3) is 43.6 Å². The highest BCUT2D eigenvalue weighted by Crippen LogP contribution is 2.54. The van der Waals surface area contributed by atoms with E-state index >= 15 is 0 Å². The summed E-state index contributed by atoms with van der Waals surface area (Å²) in [5.41, 5.74) is 4.22. The molecule has 244 valence electrons. The van der Waals surface area contributed by atoms with Crippen LogP contribution in [0.15, 0.2) is 60.8 Å². The summed E-state index contributed by atoms with van der Waals surface area (Å²) in [6.45, 7) is 6.83. The SMILES string of the molecule is CC[N+](O)(/C=C/COC(=O)N1Cc2c(c3c4ccccc4n4c3c3c2c2ccccc2n3[C@@]2(C)O[C@@H]4C[C@@H](NC)[C@H]2OC)C1=O)CC. The number of para-hydroxylation sites is 2. The van der Waals surface area contributed by atoms with Crippen molar-refractivity contribution in [2.75, 3.05) is 33.9 Å². The van der Waals surface area contributed by atoms with Gasteiger partial charge in [-0.05, 0) is 45.5 Å². The molecule has 3 aliphatic heterocycles. The molecular weight excluding hydrogens is 598 g/mol. The number of fused-ring (bicyclic) bond motifs is 13. The van der Waals surface area contributed by atoms with Gasteiger partial charge in [-0.25, -0.2) is 14.9 Å². The molecule has 1 saturated heterocycles. The Morgan fingerprint density at radius 2 is 1.77 bits per heavy atom. The van der Waals surface area contributed by atoms with E-state index in [4.69, 9.17) is 14.2 Å². The van der Waals surface area contributed by atoms with E-state index in [9.17, 15) is 14.8 Å². The summed E-state index contributed by atoms with van der Waals surface area (Å²) in [5.74, 6) is -0.382. The molecule has 11 heteroatoms. The number of methoxy groups -OCH3 is 1. The summed E-state index contributed by atoms with van der Waals surface area (Å²) in [6, 6.07) is 16.3. The van der Waals surface area contributed by atoms with Crippen molar-refractivity contribution in [1.29, 1.82) is 0 Å². The van der Waals surface area contributed by atoms with Crippen molar-refractivity contribution in [2.24, 2.45) is 0 Å². The number of nitrogens with zero attached hydrogens (tertiary/aromatic N) is 4. The Kier molecular flexibility index (Phi) is 6.81. The van der Waals surface area contributed by atoms with Crippen molar-refractivity contribution >= 4 is 55.6 Å². The average Bonchev–Trinajstić information content (AvgIpc) is 3.72. The van der Waals surface area contributed by atoms with Crippen molar-refractivity contribution in [3.05, 3.63) is 71.9 Å². The molecule has 47 heavy (non-hydrogen) atoms. The van der Waals surface area contributed by atoms with Gasteiger partial charge in [0.25, 0.3) is 5.91 Å². The number of ether oxygens (including phenoxy) is 3. The monoisotopic (exact) mass is 638 g/mol. The van der Waals surface area contributed by atoms with Gasteiger partial charge in [0.05, 0.1) is 34.2 Å². The standard InChI is InChI=1S/C36H40N5O6/c1-6-41(44,7-2)17-12-18-46-35(43)38-20-23-28-22-14-9-11-16-26(22)40-32(28)31-29(30(23)34(38)42)21-13-8-10-15-25(21)39(31)27-19-24(37-4)33(45-5)36(40,3)47-27/h8-17,24,27,33,37,44H,6-7,18-20H2,1-5H3/q+1/b17-12+/t24-,27-,33-,36+/m1/s1. The summed E-state index contributed by atoms with van der Waals surface area (Å²) >= 11 is 0. The Hall–Kier alpha value is -4.26. The smallest absolute Gasteiger partial charge is 0.417 e. The topological polar surface area (TPSA) is 107 Å². The second-order valence-electron chi connectivity index (χ2n) is 12.9. The Labute approximate surface area is 272 Å². The highest BCUT2D eigenvalue weighted by atomic mass is 16.6. The number of nitrogens with one attached hydrogen (secondary N) is 1. The van der Waals surface area contributed by atoms with Gasteiger partial charge in [0.15, 0.2) is 5.72 Å². The molecule has 11 nitrogen and oxygen atoms in total. The Morgan fingerprint density at radius 3 is 2.45 bits per heavy atom. The van der Waals surface area contributed by atoms with E-state index in [-0.39, 0.29) is 42.1 Å². The van der Waals surface area contributed by atoms with E-state index in [1.165, 1.54) is 4.90 Å². The zero-order valence-corrected chi connectivity index (χ0v) is 27.3. The minimum Gasteiger partial charge on any atom is -0.445 e. The van der Waals surface area contributed by atoms with Gasteiger partial charge in [0.2, 0.25) is 0 Å². The first kappa shape index (κ1) is 30.1. The molecule has 2 N–H and O–H groups in total. The molecule has 2 bridgehead atoms. The zero-order valence-electron chi connectivity index (χ0n) is 27.3. The van der Waals surface area contributed by atoms with Crippen molar-refractivity contribution in [3.63, 3.8) is 0 Å². The van der Waals surface area contributed by atoms with E-state index in [0.717, 1.165) is 49.2 Å². The molecule has 3 aliphatic rings. The van der Waals surface area contributed by atoms with E-state index in [1.807, 2.05) is 51.2 Å². The number of likely N-dealkylation sites (N-methyl/N-ethyl adjacent to an activating group) is 1. The van der Waals surface area contributed by atoms with E-state index in [0.29, 0.717) is 25.1 Å². The second kappa shape index (κ2) is 10.6. The first-order valence-electron chi connectivity index (χ1n) is 16.4. The van der Waals surface area contributed by atoms with Crippen molar-refractivity contribution in [2.45, 2.75) is 57.8 Å². The number of carbonyl (C=O) groups excluding carboxylic acids is 2. The third kappa shape index (κ3) is 3.98.